The van der Waals surface area contributed by atoms with E-state index in [4.69, 9.17) is 21.6 Å². The molecule has 0 aliphatic rings. The summed E-state index contributed by atoms with van der Waals surface area (Å²) in [6, 6.07) is 15.4. The lowest BCUT2D eigenvalue weighted by molar-refractivity contribution is 0.305. The largest absolute Gasteiger partial charge is 0.488 e. The van der Waals surface area contributed by atoms with Crippen LogP contribution in [0.25, 0.3) is 0 Å². The predicted molar refractivity (Wildman–Crippen MR) is 84.3 cm³/mol. The number of halogens is 1. The summed E-state index contributed by atoms with van der Waals surface area (Å²) in [5, 5.41) is 9.08. The smallest absolute Gasteiger partial charge is 0.135 e. The molecule has 21 heavy (non-hydrogen) atoms. The fourth-order valence-corrected chi connectivity index (χ4v) is 1.97. The second kappa shape index (κ2) is 7.39. The molecule has 3 heteroatoms. The van der Waals surface area contributed by atoms with Crippen molar-refractivity contribution in [3.63, 3.8) is 0 Å². The molecule has 0 saturated carbocycles. The minimum Gasteiger partial charge on any atom is -0.488 e. The highest BCUT2D eigenvalue weighted by Gasteiger charge is 2.05. The molecule has 0 fully saturated rings. The number of hydrogen-bond donors (Lipinski definition) is 0. The Hall–Kier alpha value is -2.42. The van der Waals surface area contributed by atoms with E-state index >= 15 is 0 Å². The minimum atomic E-state index is 0.282. The third-order valence-electron chi connectivity index (χ3n) is 2.95. The van der Waals surface area contributed by atoms with Crippen LogP contribution < -0.4 is 4.74 Å². The number of benzene rings is 2. The highest BCUT2D eigenvalue weighted by atomic mass is 35.5. The summed E-state index contributed by atoms with van der Waals surface area (Å²) >= 11 is 5.61. The highest BCUT2D eigenvalue weighted by Crippen LogP contribution is 2.21. The minimum absolute atomic E-state index is 0.282. The molecule has 0 aromatic heterocycles. The summed E-state index contributed by atoms with van der Waals surface area (Å²) < 4.78 is 5.82. The lowest BCUT2D eigenvalue weighted by Gasteiger charge is -2.10. The molecule has 2 rings (SSSR count). The Morgan fingerprint density at radius 1 is 1.14 bits per heavy atom. The van der Waals surface area contributed by atoms with E-state index in [1.807, 2.05) is 43.3 Å². The van der Waals surface area contributed by atoms with E-state index in [9.17, 15) is 0 Å². The van der Waals surface area contributed by atoms with Crippen molar-refractivity contribution < 1.29 is 4.74 Å². The molecule has 2 aromatic carbocycles. The first-order valence-corrected chi connectivity index (χ1v) is 7.04. The molecular weight excluding hydrogens is 282 g/mol. The quantitative estimate of drug-likeness (QED) is 0.632. The molecule has 0 spiro atoms. The van der Waals surface area contributed by atoms with Crippen molar-refractivity contribution in [2.75, 3.05) is 5.88 Å². The summed E-state index contributed by atoms with van der Waals surface area (Å²) in [5.74, 6) is 6.82. The normalized spacial score (nSPS) is 9.38. The van der Waals surface area contributed by atoms with Gasteiger partial charge in [-0.3, -0.25) is 0 Å². The van der Waals surface area contributed by atoms with Crippen molar-refractivity contribution in [3.05, 3.63) is 64.7 Å². The topological polar surface area (TPSA) is 33.0 Å². The molecule has 0 saturated heterocycles. The van der Waals surface area contributed by atoms with Crippen LogP contribution in [0.5, 0.6) is 5.75 Å². The average molecular weight is 296 g/mol. The first kappa shape index (κ1) is 15.0. The number of aryl methyl sites for hydroxylation is 1. The van der Waals surface area contributed by atoms with E-state index in [0.29, 0.717) is 17.9 Å². The van der Waals surface area contributed by atoms with Gasteiger partial charge >= 0.3 is 0 Å². The molecule has 0 radical (unpaired) electrons. The first-order chi connectivity index (χ1) is 10.2. The summed E-state index contributed by atoms with van der Waals surface area (Å²) in [5.41, 5.74) is 3.40. The van der Waals surface area contributed by atoms with E-state index in [1.165, 1.54) is 0 Å². The third kappa shape index (κ3) is 4.02. The molecule has 0 unspecified atom stereocenters. The zero-order chi connectivity index (χ0) is 15.1. The number of alkyl halides is 1. The van der Waals surface area contributed by atoms with E-state index < -0.39 is 0 Å². The van der Waals surface area contributed by atoms with Gasteiger partial charge in [0.1, 0.15) is 12.4 Å². The Morgan fingerprint density at radius 2 is 1.95 bits per heavy atom. The molecular formula is C18H14ClNO. The van der Waals surface area contributed by atoms with Crippen LogP contribution in [0.1, 0.15) is 22.3 Å². The van der Waals surface area contributed by atoms with Crippen LogP contribution in [0, 0.1) is 30.1 Å². The zero-order valence-electron chi connectivity index (χ0n) is 11.7. The molecule has 2 nitrogen and oxygen atoms in total. The van der Waals surface area contributed by atoms with Crippen molar-refractivity contribution in [2.24, 2.45) is 0 Å². The average Bonchev–Trinajstić information content (AvgIpc) is 2.52. The molecule has 0 bridgehead atoms. The molecule has 104 valence electrons. The first-order valence-electron chi connectivity index (χ1n) is 6.51. The maximum absolute atomic E-state index is 9.08. The van der Waals surface area contributed by atoms with Gasteiger partial charge in [-0.2, -0.15) is 5.26 Å². The maximum Gasteiger partial charge on any atom is 0.135 e. The highest BCUT2D eigenvalue weighted by molar-refractivity contribution is 6.19. The lowest BCUT2D eigenvalue weighted by Crippen LogP contribution is -2.00. The van der Waals surface area contributed by atoms with Crippen LogP contribution in [-0.4, -0.2) is 5.88 Å². The van der Waals surface area contributed by atoms with Crippen LogP contribution in [0.3, 0.4) is 0 Å². The van der Waals surface area contributed by atoms with Gasteiger partial charge in [-0.05, 0) is 30.7 Å². The Bertz CT molecular complexity index is 735. The van der Waals surface area contributed by atoms with Gasteiger partial charge in [0, 0.05) is 5.56 Å². The van der Waals surface area contributed by atoms with Gasteiger partial charge in [0.2, 0.25) is 0 Å². The van der Waals surface area contributed by atoms with E-state index in [1.54, 1.807) is 6.07 Å². The number of nitriles is 1. The van der Waals surface area contributed by atoms with Crippen molar-refractivity contribution in [2.45, 2.75) is 13.5 Å². The van der Waals surface area contributed by atoms with Gasteiger partial charge in [0.05, 0.1) is 23.1 Å². The predicted octanol–water partition coefficient (Wildman–Crippen LogP) is 4.04. The SMILES string of the molecule is Cc1ccc(OCc2ccccc2C#N)c(C#CCCl)c1. The number of nitrogens with zero attached hydrogens (tertiary/aromatic N) is 1. The van der Waals surface area contributed by atoms with Crippen molar-refractivity contribution in [1.82, 2.24) is 0 Å². The Kier molecular flexibility index (Phi) is 5.27. The molecule has 0 heterocycles. The van der Waals surface area contributed by atoms with Gasteiger partial charge in [-0.25, -0.2) is 0 Å². The lowest BCUT2D eigenvalue weighted by atomic mass is 10.1. The fourth-order valence-electron chi connectivity index (χ4n) is 1.91. The fraction of sp³-hybridized carbons (Fsp3) is 0.167. The van der Waals surface area contributed by atoms with Crippen LogP contribution in [0.15, 0.2) is 42.5 Å². The molecule has 0 aliphatic heterocycles. The Labute approximate surface area is 129 Å². The van der Waals surface area contributed by atoms with Crippen molar-refractivity contribution in [3.8, 4) is 23.7 Å². The van der Waals surface area contributed by atoms with Crippen LogP contribution >= 0.6 is 11.6 Å². The van der Waals surface area contributed by atoms with Crippen LogP contribution in [0.2, 0.25) is 0 Å². The monoisotopic (exact) mass is 295 g/mol. The Morgan fingerprint density at radius 3 is 2.71 bits per heavy atom. The zero-order valence-corrected chi connectivity index (χ0v) is 12.4. The number of ether oxygens (including phenoxy) is 1. The second-order valence-corrected chi connectivity index (χ2v) is 4.76. The Balaban J connectivity index is 2.22. The summed E-state index contributed by atoms with van der Waals surface area (Å²) in [7, 11) is 0. The van der Waals surface area contributed by atoms with Gasteiger partial charge in [-0.15, -0.1) is 11.6 Å². The van der Waals surface area contributed by atoms with Crippen molar-refractivity contribution >= 4 is 11.6 Å². The summed E-state index contributed by atoms with van der Waals surface area (Å²) in [4.78, 5) is 0. The number of hydrogen-bond acceptors (Lipinski definition) is 2. The summed E-state index contributed by atoms with van der Waals surface area (Å²) in [6.07, 6.45) is 0. The van der Waals surface area contributed by atoms with Crippen LogP contribution in [-0.2, 0) is 6.61 Å². The van der Waals surface area contributed by atoms with Gasteiger partial charge in [0.15, 0.2) is 0 Å². The molecule has 0 amide bonds. The van der Waals surface area contributed by atoms with Gasteiger partial charge < -0.3 is 4.74 Å². The van der Waals surface area contributed by atoms with E-state index in [-0.39, 0.29) is 5.88 Å². The third-order valence-corrected chi connectivity index (χ3v) is 3.08. The standard InChI is InChI=1S/C18H14ClNO/c1-14-8-9-18(15(11-14)7-4-10-19)21-13-17-6-3-2-5-16(17)12-20/h2-3,5-6,8-9,11H,10,13H2,1H3. The maximum atomic E-state index is 9.08. The summed E-state index contributed by atoms with van der Waals surface area (Å²) in [6.45, 7) is 2.34. The molecule has 0 N–H and O–H groups in total. The molecule has 0 atom stereocenters. The van der Waals surface area contributed by atoms with Crippen molar-refractivity contribution in [1.29, 1.82) is 5.26 Å². The second-order valence-electron chi connectivity index (χ2n) is 4.49. The van der Waals surface area contributed by atoms with E-state index in [2.05, 4.69) is 17.9 Å². The van der Waals surface area contributed by atoms with Gasteiger partial charge in [0.25, 0.3) is 0 Å². The molecule has 2 aromatic rings. The van der Waals surface area contributed by atoms with Crippen LogP contribution in [0.4, 0.5) is 0 Å². The van der Waals surface area contributed by atoms with E-state index in [0.717, 1.165) is 16.7 Å². The number of rotatable bonds is 3. The van der Waals surface area contributed by atoms with Gasteiger partial charge in [-0.1, -0.05) is 36.1 Å². The molecule has 0 aliphatic carbocycles.